The van der Waals surface area contributed by atoms with Crippen LogP contribution in [0.25, 0.3) is 0 Å². The molecular formula is C15H4ClF17N2O3. The van der Waals surface area contributed by atoms with E-state index in [4.69, 9.17) is 11.6 Å². The molecule has 1 rings (SSSR count). The summed E-state index contributed by atoms with van der Waals surface area (Å²) in [7, 11) is 0. The van der Waals surface area contributed by atoms with Crippen molar-refractivity contribution in [1.29, 1.82) is 0 Å². The third-order valence-electron chi connectivity index (χ3n) is 4.42. The Labute approximate surface area is 200 Å². The number of alkyl halides is 17. The highest BCUT2D eigenvalue weighted by Gasteiger charge is 2.95. The van der Waals surface area contributed by atoms with Gasteiger partial charge in [0, 0.05) is 12.1 Å². The van der Waals surface area contributed by atoms with Crippen LogP contribution in [0.4, 0.5) is 86.0 Å². The average Bonchev–Trinajstić information content (AvgIpc) is 2.73. The standard InChI is InChI=1S/C15H4ClF17N2O3/c16-5-3-4(35(37)38)1-2-6(5)34-7(36)8(17,18)9(19,20)10(21,22)11(23,24)12(25,26)13(27,28)14(29,30)15(31,32)33/h1-3H,(H,34,36). The molecule has 23 heteroatoms. The maximum Gasteiger partial charge on any atom is 0.460 e. The van der Waals surface area contributed by atoms with Gasteiger partial charge in [0.2, 0.25) is 0 Å². The zero-order valence-corrected chi connectivity index (χ0v) is 17.5. The first kappa shape index (κ1) is 33.2. The van der Waals surface area contributed by atoms with E-state index in [0.29, 0.717) is 11.4 Å². The molecule has 1 aromatic carbocycles. The summed E-state index contributed by atoms with van der Waals surface area (Å²) in [5.41, 5.74) is -2.33. The highest BCUT2D eigenvalue weighted by molar-refractivity contribution is 6.34. The topological polar surface area (TPSA) is 72.2 Å². The number of non-ortho nitro benzene ring substituents is 1. The molecule has 0 spiro atoms. The van der Waals surface area contributed by atoms with Gasteiger partial charge in [-0.15, -0.1) is 0 Å². The molecule has 0 fully saturated rings. The molecule has 0 aliphatic rings. The third kappa shape index (κ3) is 4.52. The minimum absolute atomic E-state index is 0.174. The van der Waals surface area contributed by atoms with Gasteiger partial charge in [0.05, 0.1) is 15.6 Å². The Bertz CT molecular complexity index is 1100. The van der Waals surface area contributed by atoms with Crippen LogP contribution in [-0.2, 0) is 4.79 Å². The Morgan fingerprint density at radius 3 is 1.39 bits per heavy atom. The molecule has 0 bridgehead atoms. The van der Waals surface area contributed by atoms with Gasteiger partial charge in [-0.2, -0.15) is 74.6 Å². The number of carbonyl (C=O) groups excluding carboxylic acids is 1. The number of benzene rings is 1. The predicted octanol–water partition coefficient (Wildman–Crippen LogP) is 7.20. The van der Waals surface area contributed by atoms with E-state index < -0.39 is 74.9 Å². The Morgan fingerprint density at radius 1 is 0.684 bits per heavy atom. The van der Waals surface area contributed by atoms with Crippen LogP contribution in [0.1, 0.15) is 0 Å². The van der Waals surface area contributed by atoms with Gasteiger partial charge in [0.15, 0.2) is 0 Å². The fourth-order valence-electron chi connectivity index (χ4n) is 2.23. The number of carbonyl (C=O) groups is 1. The summed E-state index contributed by atoms with van der Waals surface area (Å²) in [6.07, 6.45) is -7.89. The minimum atomic E-state index is -8.84. The van der Waals surface area contributed by atoms with Crippen LogP contribution in [0.5, 0.6) is 0 Å². The minimum Gasteiger partial charge on any atom is -0.319 e. The van der Waals surface area contributed by atoms with Crippen LogP contribution >= 0.6 is 11.6 Å². The van der Waals surface area contributed by atoms with Crippen molar-refractivity contribution in [2.75, 3.05) is 5.32 Å². The number of rotatable bonds is 9. The Morgan fingerprint density at radius 2 is 1.05 bits per heavy atom. The van der Waals surface area contributed by atoms with Crippen molar-refractivity contribution in [3.63, 3.8) is 0 Å². The van der Waals surface area contributed by atoms with Crippen LogP contribution in [0.15, 0.2) is 18.2 Å². The number of nitro groups is 1. The molecule has 0 radical (unpaired) electrons. The van der Waals surface area contributed by atoms with Crippen molar-refractivity contribution < 1.29 is 84.4 Å². The summed E-state index contributed by atoms with van der Waals surface area (Å²) in [6, 6.07) is 0.705. The number of halogens is 18. The second-order valence-corrected chi connectivity index (χ2v) is 7.30. The second kappa shape index (κ2) is 9.14. The number of hydrogen-bond donors (Lipinski definition) is 1. The molecule has 1 aromatic rings. The lowest BCUT2D eigenvalue weighted by atomic mass is 9.89. The molecule has 0 aliphatic carbocycles. The quantitative estimate of drug-likeness (QED) is 0.181. The average molecular weight is 619 g/mol. The SMILES string of the molecule is O=C(Nc1ccc([N+](=O)[O-])cc1Cl)C(F)(F)C(F)(F)C(F)(F)C(F)(F)C(F)(F)C(F)(F)C(F)(F)C(F)(F)F. The normalized spacial score (nSPS) is 14.9. The van der Waals surface area contributed by atoms with Gasteiger partial charge in [0.1, 0.15) is 0 Å². The van der Waals surface area contributed by atoms with E-state index in [2.05, 4.69) is 0 Å². The van der Waals surface area contributed by atoms with Gasteiger partial charge in [-0.3, -0.25) is 14.9 Å². The van der Waals surface area contributed by atoms with Gasteiger partial charge in [0.25, 0.3) is 5.69 Å². The number of hydrogen-bond acceptors (Lipinski definition) is 3. The summed E-state index contributed by atoms with van der Waals surface area (Å²) >= 11 is 5.27. The first-order chi connectivity index (χ1) is 16.5. The molecule has 218 valence electrons. The maximum absolute atomic E-state index is 13.9. The molecule has 5 nitrogen and oxygen atoms in total. The van der Waals surface area contributed by atoms with Crippen molar-refractivity contribution in [2.45, 2.75) is 47.6 Å². The monoisotopic (exact) mass is 618 g/mol. The predicted molar refractivity (Wildman–Crippen MR) is 87.4 cm³/mol. The fourth-order valence-corrected chi connectivity index (χ4v) is 2.45. The second-order valence-electron chi connectivity index (χ2n) is 6.89. The zero-order chi connectivity index (χ0) is 30.7. The van der Waals surface area contributed by atoms with Gasteiger partial charge < -0.3 is 5.32 Å². The van der Waals surface area contributed by atoms with Crippen LogP contribution in [0.3, 0.4) is 0 Å². The van der Waals surface area contributed by atoms with E-state index in [1.807, 2.05) is 0 Å². The van der Waals surface area contributed by atoms with E-state index in [1.54, 1.807) is 0 Å². The van der Waals surface area contributed by atoms with E-state index >= 15 is 0 Å². The number of amides is 1. The lowest BCUT2D eigenvalue weighted by Gasteiger charge is -2.42. The van der Waals surface area contributed by atoms with Crippen molar-refractivity contribution in [3.8, 4) is 0 Å². The summed E-state index contributed by atoms with van der Waals surface area (Å²) < 4.78 is 225. The van der Waals surface area contributed by atoms with E-state index in [0.717, 1.165) is 0 Å². The molecule has 0 aliphatic heterocycles. The Balaban J connectivity index is 3.58. The summed E-state index contributed by atoms with van der Waals surface area (Å²) in [5, 5.41) is 9.89. The molecule has 0 unspecified atom stereocenters. The molecule has 0 saturated carbocycles. The van der Waals surface area contributed by atoms with Crippen molar-refractivity contribution in [1.82, 2.24) is 0 Å². The lowest BCUT2D eigenvalue weighted by Crippen LogP contribution is -2.75. The smallest absolute Gasteiger partial charge is 0.319 e. The largest absolute Gasteiger partial charge is 0.460 e. The summed E-state index contributed by atoms with van der Waals surface area (Å²) in [6.45, 7) is 0. The number of nitrogens with zero attached hydrogens (tertiary/aromatic N) is 1. The van der Waals surface area contributed by atoms with Crippen LogP contribution in [-0.4, -0.2) is 58.5 Å². The number of anilines is 1. The maximum atomic E-state index is 13.9. The molecule has 1 amide bonds. The van der Waals surface area contributed by atoms with E-state index in [1.165, 1.54) is 0 Å². The molecular weight excluding hydrogens is 615 g/mol. The highest BCUT2D eigenvalue weighted by atomic mass is 35.5. The fraction of sp³-hybridized carbons (Fsp3) is 0.533. The van der Waals surface area contributed by atoms with Crippen molar-refractivity contribution >= 4 is 28.9 Å². The van der Waals surface area contributed by atoms with Crippen molar-refractivity contribution in [3.05, 3.63) is 33.3 Å². The van der Waals surface area contributed by atoms with Crippen LogP contribution in [0, 0.1) is 10.1 Å². The van der Waals surface area contributed by atoms with Crippen molar-refractivity contribution in [2.24, 2.45) is 0 Å². The molecule has 38 heavy (non-hydrogen) atoms. The summed E-state index contributed by atoms with van der Waals surface area (Å²) in [5.74, 6) is -62.7. The van der Waals surface area contributed by atoms with Gasteiger partial charge >= 0.3 is 53.5 Å². The highest BCUT2D eigenvalue weighted by Crippen LogP contribution is 2.64. The molecule has 0 heterocycles. The van der Waals surface area contributed by atoms with Crippen LogP contribution in [0.2, 0.25) is 5.02 Å². The first-order valence-electron chi connectivity index (χ1n) is 8.43. The third-order valence-corrected chi connectivity index (χ3v) is 4.73. The molecule has 1 N–H and O–H groups in total. The number of nitro benzene ring substituents is 1. The van der Waals surface area contributed by atoms with Crippen LogP contribution < -0.4 is 5.32 Å². The van der Waals surface area contributed by atoms with E-state index in [-0.39, 0.29) is 12.1 Å². The summed E-state index contributed by atoms with van der Waals surface area (Å²) in [4.78, 5) is 20.8. The first-order valence-corrected chi connectivity index (χ1v) is 8.81. The molecule has 0 aromatic heterocycles. The Kier molecular flexibility index (Phi) is 7.99. The zero-order valence-electron chi connectivity index (χ0n) is 16.7. The molecule has 0 saturated heterocycles. The molecule has 0 atom stereocenters. The van der Waals surface area contributed by atoms with Gasteiger partial charge in [-0.1, -0.05) is 11.6 Å². The lowest BCUT2D eigenvalue weighted by molar-refractivity contribution is -0.459. The van der Waals surface area contributed by atoms with Gasteiger partial charge in [-0.25, -0.2) is 0 Å². The van der Waals surface area contributed by atoms with Gasteiger partial charge in [-0.05, 0) is 6.07 Å². The number of nitrogens with one attached hydrogen (secondary N) is 1. The Hall–Kier alpha value is -2.81. The van der Waals surface area contributed by atoms with E-state index in [9.17, 15) is 89.5 Å².